The zero-order valence-corrected chi connectivity index (χ0v) is 14.9. The second-order valence-corrected chi connectivity index (χ2v) is 7.53. The average Bonchev–Trinajstić information content (AvgIpc) is 3.02. The lowest BCUT2D eigenvalue weighted by Gasteiger charge is -2.26. The Morgan fingerprint density at radius 3 is 2.92 bits per heavy atom. The van der Waals surface area contributed by atoms with Crippen LogP contribution in [0.4, 0.5) is 0 Å². The lowest BCUT2D eigenvalue weighted by Crippen LogP contribution is -2.38. The molecule has 2 aromatic rings. The highest BCUT2D eigenvalue weighted by Crippen LogP contribution is 2.23. The van der Waals surface area contributed by atoms with Crippen LogP contribution < -0.4 is 10.0 Å². The highest BCUT2D eigenvalue weighted by molar-refractivity contribution is 7.89. The molecule has 2 heterocycles. The number of methoxy groups -OCH3 is 1. The summed E-state index contributed by atoms with van der Waals surface area (Å²) < 4.78 is 37.4. The molecule has 7 nitrogen and oxygen atoms in total. The summed E-state index contributed by atoms with van der Waals surface area (Å²) in [6, 6.07) is 9.03. The van der Waals surface area contributed by atoms with E-state index in [4.69, 9.17) is 4.42 Å². The summed E-state index contributed by atoms with van der Waals surface area (Å²) in [6.45, 7) is 2.49. The number of aryl methyl sites for hydroxylation is 1. The van der Waals surface area contributed by atoms with Crippen LogP contribution in [0, 0.1) is 6.92 Å². The Labute approximate surface area is 146 Å². The molecule has 0 saturated carbocycles. The second kappa shape index (κ2) is 6.99. The summed E-state index contributed by atoms with van der Waals surface area (Å²) in [5.41, 5.74) is 2.40. The number of fused-ring (bicyclic) bond motifs is 1. The average molecular weight is 364 g/mol. The molecule has 8 heteroatoms. The van der Waals surface area contributed by atoms with E-state index >= 15 is 0 Å². The van der Waals surface area contributed by atoms with Gasteiger partial charge in [-0.15, -0.1) is 0 Å². The maximum absolute atomic E-state index is 12.5. The number of sulfonamides is 1. The van der Waals surface area contributed by atoms with Crippen molar-refractivity contribution in [2.45, 2.75) is 24.5 Å². The smallest absolute Gasteiger partial charge is 0.341 e. The van der Waals surface area contributed by atoms with Gasteiger partial charge < -0.3 is 14.5 Å². The maximum atomic E-state index is 12.5. The van der Waals surface area contributed by atoms with Gasteiger partial charge >= 0.3 is 5.97 Å². The first-order valence-corrected chi connectivity index (χ1v) is 9.40. The number of rotatable bonds is 5. The molecule has 1 aromatic heterocycles. The Kier molecular flexibility index (Phi) is 4.94. The molecule has 1 aliphatic rings. The molecule has 1 unspecified atom stereocenters. The maximum Gasteiger partial charge on any atom is 0.341 e. The Hall–Kier alpha value is -2.16. The SMILES string of the molecule is COC(=O)c1cc(S(=O)(=O)NCC2NCCc3ccccc32)oc1C. The van der Waals surface area contributed by atoms with Gasteiger partial charge in [-0.3, -0.25) is 0 Å². The van der Waals surface area contributed by atoms with Crippen LogP contribution in [-0.2, 0) is 21.2 Å². The van der Waals surface area contributed by atoms with E-state index in [1.807, 2.05) is 18.2 Å². The summed E-state index contributed by atoms with van der Waals surface area (Å²) in [5.74, 6) is -0.432. The predicted molar refractivity (Wildman–Crippen MR) is 90.9 cm³/mol. The number of nitrogens with one attached hydrogen (secondary N) is 2. The molecule has 0 spiro atoms. The highest BCUT2D eigenvalue weighted by Gasteiger charge is 2.26. The van der Waals surface area contributed by atoms with Crippen molar-refractivity contribution in [3.8, 4) is 0 Å². The number of carbonyl (C=O) groups excluding carboxylic acids is 1. The standard InChI is InChI=1S/C17H20N2O5S/c1-11-14(17(20)23-2)9-16(24-11)25(21,22)19-10-15-13-6-4-3-5-12(13)7-8-18-15/h3-6,9,15,18-19H,7-8,10H2,1-2H3. The lowest BCUT2D eigenvalue weighted by molar-refractivity contribution is 0.0599. The van der Waals surface area contributed by atoms with Crippen molar-refractivity contribution in [2.24, 2.45) is 0 Å². The van der Waals surface area contributed by atoms with Crippen molar-refractivity contribution in [3.05, 3.63) is 52.8 Å². The second-order valence-electron chi connectivity index (χ2n) is 5.83. The summed E-state index contributed by atoms with van der Waals surface area (Å²) in [7, 11) is -2.64. The van der Waals surface area contributed by atoms with Crippen LogP contribution in [0.3, 0.4) is 0 Å². The van der Waals surface area contributed by atoms with Gasteiger partial charge in [-0.25, -0.2) is 17.9 Å². The third-order valence-electron chi connectivity index (χ3n) is 4.26. The minimum atomic E-state index is -3.87. The molecule has 0 fully saturated rings. The molecule has 134 valence electrons. The zero-order valence-electron chi connectivity index (χ0n) is 14.0. The van der Waals surface area contributed by atoms with Crippen LogP contribution in [0.5, 0.6) is 0 Å². The van der Waals surface area contributed by atoms with Gasteiger partial charge in [0.15, 0.2) is 0 Å². The van der Waals surface area contributed by atoms with Gasteiger partial charge in [-0.2, -0.15) is 0 Å². The first-order chi connectivity index (χ1) is 11.9. The number of hydrogen-bond acceptors (Lipinski definition) is 6. The number of carbonyl (C=O) groups is 1. The van der Waals surface area contributed by atoms with Crippen molar-refractivity contribution < 1.29 is 22.4 Å². The number of esters is 1. The normalized spacial score (nSPS) is 17.1. The van der Waals surface area contributed by atoms with E-state index in [-0.39, 0.29) is 29.0 Å². The molecular formula is C17H20N2O5S. The minimum absolute atomic E-state index is 0.101. The third-order valence-corrected chi connectivity index (χ3v) is 5.54. The minimum Gasteiger partial charge on any atom is -0.465 e. The van der Waals surface area contributed by atoms with Gasteiger partial charge in [0.1, 0.15) is 11.3 Å². The van der Waals surface area contributed by atoms with Gasteiger partial charge in [-0.1, -0.05) is 24.3 Å². The Bertz CT molecular complexity index is 888. The number of furan rings is 1. The quantitative estimate of drug-likeness (QED) is 0.781. The Balaban J connectivity index is 1.76. The number of benzene rings is 1. The topological polar surface area (TPSA) is 97.6 Å². The predicted octanol–water partition coefficient (Wildman–Crippen LogP) is 1.54. The van der Waals surface area contributed by atoms with E-state index in [1.54, 1.807) is 0 Å². The molecule has 2 N–H and O–H groups in total. The summed E-state index contributed by atoms with van der Waals surface area (Å²) in [4.78, 5) is 11.6. The van der Waals surface area contributed by atoms with E-state index in [0.717, 1.165) is 18.5 Å². The van der Waals surface area contributed by atoms with Crippen molar-refractivity contribution in [1.29, 1.82) is 0 Å². The molecule has 1 aromatic carbocycles. The van der Waals surface area contributed by atoms with E-state index < -0.39 is 16.0 Å². The highest BCUT2D eigenvalue weighted by atomic mass is 32.2. The largest absolute Gasteiger partial charge is 0.465 e. The molecule has 0 aliphatic carbocycles. The number of ether oxygens (including phenoxy) is 1. The van der Waals surface area contributed by atoms with Crippen LogP contribution in [0.2, 0.25) is 0 Å². The molecule has 3 rings (SSSR count). The van der Waals surface area contributed by atoms with Crippen LogP contribution in [0.15, 0.2) is 39.8 Å². The van der Waals surface area contributed by atoms with Crippen molar-refractivity contribution >= 4 is 16.0 Å². The van der Waals surface area contributed by atoms with Gasteiger partial charge in [0.2, 0.25) is 5.09 Å². The molecule has 25 heavy (non-hydrogen) atoms. The van der Waals surface area contributed by atoms with Gasteiger partial charge in [-0.05, 0) is 31.0 Å². The molecule has 1 aliphatic heterocycles. The van der Waals surface area contributed by atoms with E-state index in [0.29, 0.717) is 0 Å². The van der Waals surface area contributed by atoms with Crippen molar-refractivity contribution in [1.82, 2.24) is 10.0 Å². The van der Waals surface area contributed by atoms with Crippen LogP contribution in [0.25, 0.3) is 0 Å². The zero-order chi connectivity index (χ0) is 18.0. The van der Waals surface area contributed by atoms with E-state index in [9.17, 15) is 13.2 Å². The summed E-state index contributed by atoms with van der Waals surface area (Å²) in [5, 5.41) is 3.01. The molecule has 0 saturated heterocycles. The van der Waals surface area contributed by atoms with Crippen molar-refractivity contribution in [2.75, 3.05) is 20.2 Å². The Morgan fingerprint density at radius 2 is 2.16 bits per heavy atom. The van der Waals surface area contributed by atoms with E-state index in [2.05, 4.69) is 20.8 Å². The summed E-state index contributed by atoms with van der Waals surface area (Å²) >= 11 is 0. The fraction of sp³-hybridized carbons (Fsp3) is 0.353. The molecule has 0 radical (unpaired) electrons. The summed E-state index contributed by atoms with van der Waals surface area (Å²) in [6.07, 6.45) is 0.916. The fourth-order valence-corrected chi connectivity index (χ4v) is 3.98. The van der Waals surface area contributed by atoms with E-state index in [1.165, 1.54) is 25.7 Å². The lowest BCUT2D eigenvalue weighted by atomic mass is 9.95. The molecule has 0 amide bonds. The monoisotopic (exact) mass is 364 g/mol. The van der Waals surface area contributed by atoms with Crippen LogP contribution in [-0.4, -0.2) is 34.6 Å². The third kappa shape index (κ3) is 3.60. The first kappa shape index (κ1) is 17.7. The van der Waals surface area contributed by atoms with Crippen molar-refractivity contribution in [3.63, 3.8) is 0 Å². The van der Waals surface area contributed by atoms with Gasteiger partial charge in [0, 0.05) is 18.7 Å². The fourth-order valence-electron chi connectivity index (χ4n) is 2.94. The Morgan fingerprint density at radius 1 is 1.40 bits per heavy atom. The van der Waals surface area contributed by atoms with Crippen LogP contribution >= 0.6 is 0 Å². The molecular weight excluding hydrogens is 344 g/mol. The molecule has 0 bridgehead atoms. The first-order valence-electron chi connectivity index (χ1n) is 7.92. The molecule has 1 atom stereocenters. The number of hydrogen-bond donors (Lipinski definition) is 2. The van der Waals surface area contributed by atoms with Crippen LogP contribution in [0.1, 0.15) is 33.3 Å². The van der Waals surface area contributed by atoms with Gasteiger partial charge in [0.05, 0.1) is 7.11 Å². The van der Waals surface area contributed by atoms with Gasteiger partial charge in [0.25, 0.3) is 10.0 Å².